The van der Waals surface area contributed by atoms with Crippen LogP contribution in [0.2, 0.25) is 5.02 Å². The highest BCUT2D eigenvalue weighted by Gasteiger charge is 2.16. The van der Waals surface area contributed by atoms with Crippen LogP contribution in [0.1, 0.15) is 33.2 Å². The van der Waals surface area contributed by atoms with Crippen LogP contribution in [0.4, 0.5) is 5.69 Å². The number of rotatable bonds is 6. The Morgan fingerprint density at radius 1 is 0.833 bits per heavy atom. The number of halogens is 1. The van der Waals surface area contributed by atoms with Gasteiger partial charge in [-0.3, -0.25) is 14.4 Å². The molecule has 2 amide bonds. The molecular weight excluding hydrogens is 400 g/mol. The molecule has 0 fully saturated rings. The molecule has 0 aromatic heterocycles. The lowest BCUT2D eigenvalue weighted by atomic mass is 10.1. The molecule has 0 bridgehead atoms. The second-order valence-electron chi connectivity index (χ2n) is 6.49. The van der Waals surface area contributed by atoms with Crippen LogP contribution >= 0.6 is 11.6 Å². The number of nitrogens with one attached hydrogen (secondary N) is 2. The van der Waals surface area contributed by atoms with Gasteiger partial charge in [0.2, 0.25) is 0 Å². The average molecular weight is 419 g/mol. The normalized spacial score (nSPS) is 10.9. The number of benzene rings is 3. The molecule has 0 aliphatic carbocycles. The molecule has 0 aliphatic heterocycles. The summed E-state index contributed by atoms with van der Waals surface area (Å²) in [4.78, 5) is 37.2. The summed E-state index contributed by atoms with van der Waals surface area (Å²) in [5, 5.41) is 5.81. The van der Waals surface area contributed by atoms with Gasteiger partial charge in [-0.2, -0.15) is 0 Å². The maximum absolute atomic E-state index is 13.0. The summed E-state index contributed by atoms with van der Waals surface area (Å²) in [6.07, 6.45) is 1.51. The molecule has 0 atom stereocenters. The molecule has 150 valence electrons. The van der Waals surface area contributed by atoms with Crippen molar-refractivity contribution in [3.8, 4) is 0 Å². The Balaban J connectivity index is 1.91. The van der Waals surface area contributed by atoms with Crippen molar-refractivity contribution in [2.24, 2.45) is 0 Å². The van der Waals surface area contributed by atoms with Crippen molar-refractivity contribution in [1.82, 2.24) is 5.32 Å². The summed E-state index contributed by atoms with van der Waals surface area (Å²) in [7, 11) is 0. The van der Waals surface area contributed by atoms with Gasteiger partial charge in [0.1, 0.15) is 5.70 Å². The second-order valence-corrected chi connectivity index (χ2v) is 6.90. The van der Waals surface area contributed by atoms with Gasteiger partial charge in [-0.15, -0.1) is 0 Å². The number of Topliss-reactive ketones (excluding diaryl/α,β-unsaturated/α-hetero) is 1. The molecule has 3 aromatic rings. The third-order valence-corrected chi connectivity index (χ3v) is 4.61. The Morgan fingerprint density at radius 3 is 2.20 bits per heavy atom. The molecule has 0 saturated carbocycles. The van der Waals surface area contributed by atoms with Crippen LogP contribution in [0.25, 0.3) is 6.08 Å². The molecule has 0 radical (unpaired) electrons. The molecule has 0 aliphatic rings. The first kappa shape index (κ1) is 21.0. The standard InChI is InChI=1S/C24H19ClN2O3/c1-16(28)18-11-7-12-20(14-18)26-24(30)22(15-19-10-5-6-13-21(19)25)27-23(29)17-8-3-2-4-9-17/h2-15H,1H3,(H,26,30)(H,27,29)/b22-15+. The number of carbonyl (C=O) groups excluding carboxylic acids is 3. The Hall–Kier alpha value is -3.70. The Labute approximate surface area is 179 Å². The summed E-state index contributed by atoms with van der Waals surface area (Å²) in [6, 6.07) is 22.1. The summed E-state index contributed by atoms with van der Waals surface area (Å²) >= 11 is 6.22. The second kappa shape index (κ2) is 9.67. The fraction of sp³-hybridized carbons (Fsp3) is 0.0417. The van der Waals surface area contributed by atoms with E-state index >= 15 is 0 Å². The van der Waals surface area contributed by atoms with E-state index in [-0.39, 0.29) is 11.5 Å². The van der Waals surface area contributed by atoms with E-state index in [1.807, 2.05) is 0 Å². The molecule has 0 saturated heterocycles. The minimum Gasteiger partial charge on any atom is -0.321 e. The van der Waals surface area contributed by atoms with Crippen LogP contribution < -0.4 is 10.6 Å². The van der Waals surface area contributed by atoms with Gasteiger partial charge in [0, 0.05) is 21.8 Å². The average Bonchev–Trinajstić information content (AvgIpc) is 2.75. The topological polar surface area (TPSA) is 75.3 Å². The van der Waals surface area contributed by atoms with E-state index in [0.717, 1.165) is 0 Å². The van der Waals surface area contributed by atoms with Crippen molar-refractivity contribution in [1.29, 1.82) is 0 Å². The summed E-state index contributed by atoms with van der Waals surface area (Å²) in [5.41, 5.74) is 1.92. The molecule has 5 nitrogen and oxygen atoms in total. The van der Waals surface area contributed by atoms with E-state index in [4.69, 9.17) is 11.6 Å². The third kappa shape index (κ3) is 5.43. The Kier molecular flexibility index (Phi) is 6.78. The van der Waals surface area contributed by atoms with Gasteiger partial charge in [-0.05, 0) is 48.9 Å². The number of amides is 2. The van der Waals surface area contributed by atoms with E-state index in [0.29, 0.717) is 27.4 Å². The summed E-state index contributed by atoms with van der Waals surface area (Å²) in [6.45, 7) is 1.45. The predicted octanol–water partition coefficient (Wildman–Crippen LogP) is 4.95. The van der Waals surface area contributed by atoms with Crippen molar-refractivity contribution in [2.75, 3.05) is 5.32 Å². The quantitative estimate of drug-likeness (QED) is 0.439. The summed E-state index contributed by atoms with van der Waals surface area (Å²) in [5.74, 6) is -1.09. The molecule has 0 unspecified atom stereocenters. The minimum absolute atomic E-state index is 0.0187. The fourth-order valence-corrected chi connectivity index (χ4v) is 2.89. The number of hydrogen-bond donors (Lipinski definition) is 2. The van der Waals surface area contributed by atoms with Gasteiger partial charge >= 0.3 is 0 Å². The van der Waals surface area contributed by atoms with Crippen LogP contribution in [0.15, 0.2) is 84.6 Å². The van der Waals surface area contributed by atoms with Crippen molar-refractivity contribution in [3.05, 3.63) is 106 Å². The van der Waals surface area contributed by atoms with Crippen molar-refractivity contribution < 1.29 is 14.4 Å². The molecule has 0 spiro atoms. The molecular formula is C24H19ClN2O3. The lowest BCUT2D eigenvalue weighted by Crippen LogP contribution is -2.30. The number of ketones is 1. The smallest absolute Gasteiger partial charge is 0.272 e. The van der Waals surface area contributed by atoms with Crippen LogP contribution in [0.5, 0.6) is 0 Å². The van der Waals surface area contributed by atoms with E-state index in [2.05, 4.69) is 10.6 Å². The van der Waals surface area contributed by atoms with Crippen molar-refractivity contribution in [3.63, 3.8) is 0 Å². The lowest BCUT2D eigenvalue weighted by Gasteiger charge is -2.12. The third-order valence-electron chi connectivity index (χ3n) is 4.26. The largest absolute Gasteiger partial charge is 0.321 e. The fourth-order valence-electron chi connectivity index (χ4n) is 2.70. The highest BCUT2D eigenvalue weighted by molar-refractivity contribution is 6.32. The molecule has 2 N–H and O–H groups in total. The van der Waals surface area contributed by atoms with Gasteiger partial charge in [0.25, 0.3) is 11.8 Å². The molecule has 3 aromatic carbocycles. The number of hydrogen-bond acceptors (Lipinski definition) is 3. The monoisotopic (exact) mass is 418 g/mol. The zero-order valence-electron chi connectivity index (χ0n) is 16.2. The van der Waals surface area contributed by atoms with Crippen LogP contribution in [-0.4, -0.2) is 17.6 Å². The van der Waals surface area contributed by atoms with E-state index in [1.54, 1.807) is 78.9 Å². The Morgan fingerprint density at radius 2 is 1.50 bits per heavy atom. The zero-order chi connectivity index (χ0) is 21.5. The van der Waals surface area contributed by atoms with Crippen LogP contribution in [0, 0.1) is 0 Å². The zero-order valence-corrected chi connectivity index (χ0v) is 16.9. The van der Waals surface area contributed by atoms with E-state index < -0.39 is 11.8 Å². The van der Waals surface area contributed by atoms with Gasteiger partial charge in [0.05, 0.1) is 0 Å². The number of carbonyl (C=O) groups is 3. The molecule has 6 heteroatoms. The van der Waals surface area contributed by atoms with E-state index in [1.165, 1.54) is 13.0 Å². The Bertz CT molecular complexity index is 1120. The van der Waals surface area contributed by atoms with Crippen LogP contribution in [0.3, 0.4) is 0 Å². The highest BCUT2D eigenvalue weighted by Crippen LogP contribution is 2.19. The van der Waals surface area contributed by atoms with Crippen molar-refractivity contribution >= 4 is 41.0 Å². The maximum atomic E-state index is 13.0. The SMILES string of the molecule is CC(=O)c1cccc(NC(=O)/C(=C\c2ccccc2Cl)NC(=O)c2ccccc2)c1. The summed E-state index contributed by atoms with van der Waals surface area (Å²) < 4.78 is 0. The number of anilines is 1. The van der Waals surface area contributed by atoms with Gasteiger partial charge in [0.15, 0.2) is 5.78 Å². The first-order valence-electron chi connectivity index (χ1n) is 9.19. The van der Waals surface area contributed by atoms with Crippen molar-refractivity contribution in [2.45, 2.75) is 6.92 Å². The van der Waals surface area contributed by atoms with E-state index in [9.17, 15) is 14.4 Å². The van der Waals surface area contributed by atoms with Gasteiger partial charge < -0.3 is 10.6 Å². The molecule has 0 heterocycles. The minimum atomic E-state index is -0.542. The van der Waals surface area contributed by atoms with Crippen LogP contribution in [-0.2, 0) is 4.79 Å². The van der Waals surface area contributed by atoms with Gasteiger partial charge in [-0.25, -0.2) is 0 Å². The first-order valence-corrected chi connectivity index (χ1v) is 9.57. The molecule has 3 rings (SSSR count). The first-order chi connectivity index (χ1) is 14.4. The van der Waals surface area contributed by atoms with Gasteiger partial charge in [-0.1, -0.05) is 60.1 Å². The lowest BCUT2D eigenvalue weighted by molar-refractivity contribution is -0.113. The maximum Gasteiger partial charge on any atom is 0.272 e. The highest BCUT2D eigenvalue weighted by atomic mass is 35.5. The predicted molar refractivity (Wildman–Crippen MR) is 118 cm³/mol. The molecule has 30 heavy (non-hydrogen) atoms.